The molecule has 1 atom stereocenters. The second kappa shape index (κ2) is 13.7. The van der Waals surface area contributed by atoms with Crippen molar-refractivity contribution in [2.45, 2.75) is 33.7 Å². The predicted molar refractivity (Wildman–Crippen MR) is 167 cm³/mol. The highest BCUT2D eigenvalue weighted by Crippen LogP contribution is 2.37. The number of ether oxygens (including phenoxy) is 4. The molecule has 0 unspecified atom stereocenters. The van der Waals surface area contributed by atoms with E-state index in [2.05, 4.69) is 43.4 Å². The summed E-state index contributed by atoms with van der Waals surface area (Å²) in [6.07, 6.45) is 3.46. The van der Waals surface area contributed by atoms with Crippen LogP contribution in [0.25, 0.3) is 6.08 Å². The van der Waals surface area contributed by atoms with Crippen LogP contribution in [0.2, 0.25) is 0 Å². The summed E-state index contributed by atoms with van der Waals surface area (Å²) in [7, 11) is 0. The molecule has 0 fully saturated rings. The van der Waals surface area contributed by atoms with Gasteiger partial charge >= 0.3 is 5.97 Å². The van der Waals surface area contributed by atoms with Gasteiger partial charge in [0.2, 0.25) is 0 Å². The minimum Gasteiger partial charge on any atom is -0.490 e. The monoisotopic (exact) mass is 704 g/mol. The van der Waals surface area contributed by atoms with Crippen molar-refractivity contribution >= 4 is 55.2 Å². The number of nitrogens with zero attached hydrogens (tertiary/aromatic N) is 2. The van der Waals surface area contributed by atoms with Crippen molar-refractivity contribution in [3.63, 3.8) is 0 Å². The lowest BCUT2D eigenvalue weighted by atomic mass is 9.95. The van der Waals surface area contributed by atoms with Crippen molar-refractivity contribution in [1.29, 1.82) is 0 Å². The molecule has 0 amide bonds. The number of carbonyl (C=O) groups is 1. The Balaban J connectivity index is 1.91. The van der Waals surface area contributed by atoms with Gasteiger partial charge in [-0.2, -0.15) is 0 Å². The number of thiazole rings is 1. The Morgan fingerprint density at radius 3 is 2.37 bits per heavy atom. The first-order chi connectivity index (χ1) is 19.7. The number of benzene rings is 2. The van der Waals surface area contributed by atoms with E-state index in [0.29, 0.717) is 63.2 Å². The first-order valence-electron chi connectivity index (χ1n) is 13.1. The topological polar surface area (TPSA) is 88.3 Å². The van der Waals surface area contributed by atoms with E-state index in [0.717, 1.165) is 14.5 Å². The lowest BCUT2D eigenvalue weighted by Crippen LogP contribution is -2.40. The van der Waals surface area contributed by atoms with Crippen LogP contribution in [0.5, 0.6) is 17.2 Å². The number of halogens is 2. The highest BCUT2D eigenvalue weighted by Gasteiger charge is 2.34. The van der Waals surface area contributed by atoms with Gasteiger partial charge in [0, 0.05) is 0 Å². The van der Waals surface area contributed by atoms with Gasteiger partial charge in [0.1, 0.15) is 12.4 Å². The maximum Gasteiger partial charge on any atom is 0.338 e. The Kier molecular flexibility index (Phi) is 10.3. The molecule has 0 saturated heterocycles. The largest absolute Gasteiger partial charge is 0.490 e. The second-order valence-corrected chi connectivity index (χ2v) is 11.5. The molecule has 2 heterocycles. The van der Waals surface area contributed by atoms with Gasteiger partial charge in [0.15, 0.2) is 16.3 Å². The lowest BCUT2D eigenvalue weighted by Gasteiger charge is -2.25. The van der Waals surface area contributed by atoms with Gasteiger partial charge in [-0.25, -0.2) is 9.79 Å². The average Bonchev–Trinajstić information content (AvgIpc) is 3.22. The summed E-state index contributed by atoms with van der Waals surface area (Å²) in [6, 6.07) is 8.41. The predicted octanol–water partition coefficient (Wildman–Crippen LogP) is 5.69. The van der Waals surface area contributed by atoms with E-state index in [9.17, 15) is 9.59 Å². The highest BCUT2D eigenvalue weighted by atomic mass is 79.9. The molecule has 41 heavy (non-hydrogen) atoms. The van der Waals surface area contributed by atoms with Gasteiger partial charge in [-0.15, -0.1) is 0 Å². The third kappa shape index (κ3) is 6.52. The molecule has 0 saturated carbocycles. The van der Waals surface area contributed by atoms with Crippen LogP contribution in [0.3, 0.4) is 0 Å². The third-order valence-electron chi connectivity index (χ3n) is 6.06. The Hall–Kier alpha value is -3.15. The Labute approximate surface area is 258 Å². The minimum absolute atomic E-state index is 0.191. The summed E-state index contributed by atoms with van der Waals surface area (Å²) in [4.78, 5) is 32.3. The molecular formula is C30H30Br2N2O6S. The normalized spacial score (nSPS) is 14.8. The molecule has 1 aliphatic heterocycles. The molecule has 4 rings (SSSR count). The smallest absolute Gasteiger partial charge is 0.338 e. The lowest BCUT2D eigenvalue weighted by molar-refractivity contribution is -0.139. The molecule has 11 heteroatoms. The first kappa shape index (κ1) is 30.8. The fourth-order valence-corrected chi connectivity index (χ4v) is 6.94. The van der Waals surface area contributed by atoms with Gasteiger partial charge in [0.25, 0.3) is 5.56 Å². The number of allylic oxidation sites excluding steroid dienone is 1. The summed E-state index contributed by atoms with van der Waals surface area (Å²) in [5.74, 6) is 1.22. The van der Waals surface area contributed by atoms with Crippen molar-refractivity contribution < 1.29 is 23.7 Å². The van der Waals surface area contributed by atoms with Gasteiger partial charge in [0.05, 0.1) is 50.6 Å². The van der Waals surface area contributed by atoms with E-state index < -0.39 is 12.0 Å². The maximum atomic E-state index is 14.0. The molecule has 0 spiro atoms. The van der Waals surface area contributed by atoms with E-state index in [1.165, 1.54) is 11.3 Å². The van der Waals surface area contributed by atoms with Gasteiger partial charge in [-0.05, 0) is 101 Å². The van der Waals surface area contributed by atoms with Crippen molar-refractivity contribution in [2.75, 3.05) is 26.4 Å². The van der Waals surface area contributed by atoms with Crippen molar-refractivity contribution in [3.05, 3.63) is 94.0 Å². The number of rotatable bonds is 11. The average molecular weight is 706 g/mol. The number of aromatic nitrogens is 1. The van der Waals surface area contributed by atoms with Crippen LogP contribution in [0, 0.1) is 0 Å². The maximum absolute atomic E-state index is 14.0. The number of esters is 1. The van der Waals surface area contributed by atoms with Crippen LogP contribution in [0.1, 0.15) is 44.9 Å². The molecule has 3 aromatic rings. The molecular weight excluding hydrogens is 676 g/mol. The van der Waals surface area contributed by atoms with Crippen LogP contribution in [-0.2, 0) is 9.53 Å². The Morgan fingerprint density at radius 1 is 1.05 bits per heavy atom. The number of hydrogen-bond donors (Lipinski definition) is 0. The standard InChI is InChI=1S/C30H30Br2N2O6S/c1-6-12-40-27-20(31)13-18(14-21(27)32)15-24-28(35)34-26(19-10-11-22(37-7-2)23(16-19)38-8-3)25(29(36)39-9-4)17(5)33-30(34)41-24/h6,10-11,13-16,26H,1,7-9,12H2,2-5H3/b24-15-/t26-/m0/s1. The Morgan fingerprint density at radius 2 is 1.73 bits per heavy atom. The zero-order valence-electron chi connectivity index (χ0n) is 23.2. The van der Waals surface area contributed by atoms with Gasteiger partial charge in [-0.1, -0.05) is 30.1 Å². The summed E-state index contributed by atoms with van der Waals surface area (Å²) in [5.41, 5.74) is 1.96. The van der Waals surface area contributed by atoms with Crippen molar-refractivity contribution in [3.8, 4) is 17.2 Å². The molecule has 2 aromatic carbocycles. The van der Waals surface area contributed by atoms with Crippen LogP contribution < -0.4 is 29.1 Å². The Bertz CT molecular complexity index is 1670. The molecule has 0 radical (unpaired) electrons. The van der Waals surface area contributed by atoms with Crippen LogP contribution in [0.15, 0.2) is 73.0 Å². The van der Waals surface area contributed by atoms with Gasteiger partial charge < -0.3 is 18.9 Å². The summed E-state index contributed by atoms with van der Waals surface area (Å²) < 4.78 is 26.2. The second-order valence-electron chi connectivity index (χ2n) is 8.79. The van der Waals surface area contributed by atoms with Crippen LogP contribution >= 0.6 is 43.2 Å². The number of fused-ring (bicyclic) bond motifs is 1. The molecule has 1 aromatic heterocycles. The SMILES string of the molecule is C=CCOc1c(Br)cc(/C=c2\sc3n(c2=O)[C@@H](c2ccc(OCC)c(OCC)c2)C(C(=O)OCC)=C(C)N=3)cc1Br. The zero-order chi connectivity index (χ0) is 29.7. The van der Waals surface area contributed by atoms with E-state index in [-0.39, 0.29) is 12.2 Å². The fourth-order valence-electron chi connectivity index (χ4n) is 4.44. The molecule has 0 aliphatic carbocycles. The van der Waals surface area contributed by atoms with E-state index in [1.807, 2.05) is 38.1 Å². The van der Waals surface area contributed by atoms with Crippen LogP contribution in [-0.4, -0.2) is 37.0 Å². The molecule has 216 valence electrons. The summed E-state index contributed by atoms with van der Waals surface area (Å²) >= 11 is 8.36. The first-order valence-corrected chi connectivity index (χ1v) is 15.5. The summed E-state index contributed by atoms with van der Waals surface area (Å²) in [6.45, 7) is 12.4. The zero-order valence-corrected chi connectivity index (χ0v) is 27.2. The molecule has 1 aliphatic rings. The molecule has 0 bridgehead atoms. The van der Waals surface area contributed by atoms with Gasteiger partial charge in [-0.3, -0.25) is 9.36 Å². The highest BCUT2D eigenvalue weighted by molar-refractivity contribution is 9.11. The van der Waals surface area contributed by atoms with E-state index >= 15 is 0 Å². The van der Waals surface area contributed by atoms with E-state index in [4.69, 9.17) is 18.9 Å². The minimum atomic E-state index is -0.768. The van der Waals surface area contributed by atoms with Crippen LogP contribution in [0.4, 0.5) is 0 Å². The number of hydrogen-bond acceptors (Lipinski definition) is 8. The van der Waals surface area contributed by atoms with Crippen molar-refractivity contribution in [2.24, 2.45) is 4.99 Å². The molecule has 0 N–H and O–H groups in total. The van der Waals surface area contributed by atoms with E-state index in [1.54, 1.807) is 36.6 Å². The summed E-state index contributed by atoms with van der Waals surface area (Å²) in [5, 5.41) is 0. The molecule has 8 nitrogen and oxygen atoms in total. The quantitative estimate of drug-likeness (QED) is 0.188. The fraction of sp³-hybridized carbons (Fsp3) is 0.300. The number of carbonyl (C=O) groups excluding carboxylic acids is 1. The van der Waals surface area contributed by atoms with Crippen molar-refractivity contribution in [1.82, 2.24) is 4.57 Å². The third-order valence-corrected chi connectivity index (χ3v) is 8.23.